The highest BCUT2D eigenvalue weighted by Gasteiger charge is 2.05. The Kier molecular flexibility index (Phi) is 3.20. The van der Waals surface area contributed by atoms with Crippen molar-refractivity contribution in [1.82, 2.24) is 15.0 Å². The van der Waals surface area contributed by atoms with Gasteiger partial charge in [-0.2, -0.15) is 0 Å². The SMILES string of the molecule is Cc1ccc(-c2csc(Nc3ncccn3)n2)cc1. The van der Waals surface area contributed by atoms with Gasteiger partial charge in [-0.3, -0.25) is 0 Å². The topological polar surface area (TPSA) is 50.7 Å². The maximum absolute atomic E-state index is 4.53. The highest BCUT2D eigenvalue weighted by Crippen LogP contribution is 2.26. The van der Waals surface area contributed by atoms with Gasteiger partial charge in [0, 0.05) is 23.3 Å². The third kappa shape index (κ3) is 2.77. The molecule has 0 radical (unpaired) electrons. The third-order valence-electron chi connectivity index (χ3n) is 2.64. The smallest absolute Gasteiger partial charge is 0.228 e. The van der Waals surface area contributed by atoms with Crippen LogP contribution in [0.1, 0.15) is 5.56 Å². The van der Waals surface area contributed by atoms with E-state index in [0.717, 1.165) is 16.4 Å². The molecule has 0 bridgehead atoms. The van der Waals surface area contributed by atoms with E-state index in [1.807, 2.05) is 5.38 Å². The Balaban J connectivity index is 1.82. The second kappa shape index (κ2) is 5.16. The number of aromatic nitrogens is 3. The summed E-state index contributed by atoms with van der Waals surface area (Å²) < 4.78 is 0. The average Bonchev–Trinajstić information content (AvgIpc) is 2.89. The molecular formula is C14H12N4S. The highest BCUT2D eigenvalue weighted by atomic mass is 32.1. The molecule has 0 spiro atoms. The molecule has 0 aliphatic carbocycles. The molecule has 0 saturated heterocycles. The fourth-order valence-electron chi connectivity index (χ4n) is 1.65. The Morgan fingerprint density at radius 3 is 2.53 bits per heavy atom. The number of nitrogens with zero attached hydrogens (tertiary/aromatic N) is 3. The van der Waals surface area contributed by atoms with Crippen LogP contribution in [0.5, 0.6) is 0 Å². The number of aryl methyl sites for hydroxylation is 1. The molecule has 1 N–H and O–H groups in total. The molecule has 0 amide bonds. The Morgan fingerprint density at radius 1 is 1.05 bits per heavy atom. The first-order chi connectivity index (χ1) is 9.31. The predicted molar refractivity (Wildman–Crippen MR) is 77.6 cm³/mol. The number of benzene rings is 1. The van der Waals surface area contributed by atoms with E-state index in [0.29, 0.717) is 5.95 Å². The van der Waals surface area contributed by atoms with Crippen molar-refractivity contribution in [3.05, 3.63) is 53.7 Å². The lowest BCUT2D eigenvalue weighted by atomic mass is 10.1. The van der Waals surface area contributed by atoms with E-state index in [2.05, 4.69) is 51.5 Å². The Hall–Kier alpha value is -2.27. The zero-order chi connectivity index (χ0) is 13.1. The Labute approximate surface area is 115 Å². The molecular weight excluding hydrogens is 256 g/mol. The molecule has 4 nitrogen and oxygen atoms in total. The van der Waals surface area contributed by atoms with Crippen molar-refractivity contribution in [2.24, 2.45) is 0 Å². The molecule has 0 atom stereocenters. The lowest BCUT2D eigenvalue weighted by molar-refractivity contribution is 1.16. The molecule has 3 aromatic rings. The van der Waals surface area contributed by atoms with Crippen LogP contribution in [0.3, 0.4) is 0 Å². The average molecular weight is 268 g/mol. The van der Waals surface area contributed by atoms with Crippen molar-refractivity contribution < 1.29 is 0 Å². The number of nitrogens with one attached hydrogen (secondary N) is 1. The van der Waals surface area contributed by atoms with Gasteiger partial charge < -0.3 is 5.32 Å². The van der Waals surface area contributed by atoms with Crippen LogP contribution in [0, 0.1) is 6.92 Å². The van der Waals surface area contributed by atoms with Gasteiger partial charge in [0.25, 0.3) is 0 Å². The molecule has 0 saturated carbocycles. The van der Waals surface area contributed by atoms with Crippen molar-refractivity contribution >= 4 is 22.4 Å². The van der Waals surface area contributed by atoms with Crippen molar-refractivity contribution in [2.45, 2.75) is 6.92 Å². The molecule has 2 aromatic heterocycles. The number of thiazole rings is 1. The third-order valence-corrected chi connectivity index (χ3v) is 3.39. The number of rotatable bonds is 3. The van der Waals surface area contributed by atoms with Crippen LogP contribution in [0.2, 0.25) is 0 Å². The minimum absolute atomic E-state index is 0.562. The summed E-state index contributed by atoms with van der Waals surface area (Å²) in [6.45, 7) is 2.07. The van der Waals surface area contributed by atoms with Gasteiger partial charge in [0.05, 0.1) is 5.69 Å². The summed E-state index contributed by atoms with van der Waals surface area (Å²) in [5, 5.41) is 5.91. The first-order valence-corrected chi connectivity index (χ1v) is 6.76. The summed E-state index contributed by atoms with van der Waals surface area (Å²) in [6.07, 6.45) is 3.40. The van der Waals surface area contributed by atoms with E-state index < -0.39 is 0 Å². The van der Waals surface area contributed by atoms with E-state index in [4.69, 9.17) is 0 Å². The fraction of sp³-hybridized carbons (Fsp3) is 0.0714. The largest absolute Gasteiger partial charge is 0.300 e. The normalized spacial score (nSPS) is 10.4. The first-order valence-electron chi connectivity index (χ1n) is 5.88. The molecule has 19 heavy (non-hydrogen) atoms. The summed E-state index contributed by atoms with van der Waals surface area (Å²) in [5.41, 5.74) is 3.32. The van der Waals surface area contributed by atoms with Crippen LogP contribution in [0.15, 0.2) is 48.1 Å². The van der Waals surface area contributed by atoms with E-state index in [1.54, 1.807) is 29.8 Å². The summed E-state index contributed by atoms with van der Waals surface area (Å²) in [6, 6.07) is 10.1. The molecule has 0 aliphatic rings. The van der Waals surface area contributed by atoms with Gasteiger partial charge >= 0.3 is 0 Å². The quantitative estimate of drug-likeness (QED) is 0.787. The second-order valence-electron chi connectivity index (χ2n) is 4.10. The molecule has 0 fully saturated rings. The van der Waals surface area contributed by atoms with Crippen LogP contribution in [0.25, 0.3) is 11.3 Å². The van der Waals surface area contributed by atoms with Crippen molar-refractivity contribution in [1.29, 1.82) is 0 Å². The lowest BCUT2D eigenvalue weighted by Crippen LogP contribution is -1.94. The van der Waals surface area contributed by atoms with Gasteiger partial charge in [-0.25, -0.2) is 15.0 Å². The van der Waals surface area contributed by atoms with Crippen LogP contribution >= 0.6 is 11.3 Å². The predicted octanol–water partition coefficient (Wildman–Crippen LogP) is 3.65. The van der Waals surface area contributed by atoms with Gasteiger partial charge in [-0.1, -0.05) is 29.8 Å². The van der Waals surface area contributed by atoms with Gasteiger partial charge in [-0.15, -0.1) is 11.3 Å². The lowest BCUT2D eigenvalue weighted by Gasteiger charge is -1.99. The van der Waals surface area contributed by atoms with E-state index in [1.165, 1.54) is 5.56 Å². The van der Waals surface area contributed by atoms with Gasteiger partial charge in [0.1, 0.15) is 0 Å². The van der Waals surface area contributed by atoms with E-state index >= 15 is 0 Å². The highest BCUT2D eigenvalue weighted by molar-refractivity contribution is 7.14. The summed E-state index contributed by atoms with van der Waals surface area (Å²) in [4.78, 5) is 12.8. The monoisotopic (exact) mass is 268 g/mol. The second-order valence-corrected chi connectivity index (χ2v) is 4.96. The van der Waals surface area contributed by atoms with Crippen LogP contribution in [-0.2, 0) is 0 Å². The van der Waals surface area contributed by atoms with Gasteiger partial charge in [-0.05, 0) is 13.0 Å². The van der Waals surface area contributed by atoms with Crippen molar-refractivity contribution in [3.8, 4) is 11.3 Å². The Bertz CT molecular complexity index is 661. The van der Waals surface area contributed by atoms with Gasteiger partial charge in [0.15, 0.2) is 5.13 Å². The van der Waals surface area contributed by atoms with Crippen LogP contribution in [-0.4, -0.2) is 15.0 Å². The minimum Gasteiger partial charge on any atom is -0.300 e. The summed E-state index contributed by atoms with van der Waals surface area (Å²) in [7, 11) is 0. The fourth-order valence-corrected chi connectivity index (χ4v) is 2.36. The maximum Gasteiger partial charge on any atom is 0.228 e. The maximum atomic E-state index is 4.53. The van der Waals surface area contributed by atoms with Crippen LogP contribution < -0.4 is 5.32 Å². The van der Waals surface area contributed by atoms with E-state index in [9.17, 15) is 0 Å². The molecule has 2 heterocycles. The van der Waals surface area contributed by atoms with Gasteiger partial charge in [0.2, 0.25) is 5.95 Å². The molecule has 0 aliphatic heterocycles. The molecule has 94 valence electrons. The van der Waals surface area contributed by atoms with Crippen molar-refractivity contribution in [2.75, 3.05) is 5.32 Å². The first kappa shape index (κ1) is 11.8. The standard InChI is InChI=1S/C14H12N4S/c1-10-3-5-11(6-4-10)12-9-19-14(17-12)18-13-15-7-2-8-16-13/h2-9H,1H3,(H,15,16,17,18). The zero-order valence-electron chi connectivity index (χ0n) is 10.4. The number of hydrogen-bond acceptors (Lipinski definition) is 5. The van der Waals surface area contributed by atoms with Crippen LogP contribution in [0.4, 0.5) is 11.1 Å². The summed E-state index contributed by atoms with van der Waals surface area (Å²) >= 11 is 1.54. The molecule has 1 aromatic carbocycles. The Morgan fingerprint density at radius 2 is 1.79 bits per heavy atom. The minimum atomic E-state index is 0.562. The number of anilines is 2. The van der Waals surface area contributed by atoms with E-state index in [-0.39, 0.29) is 0 Å². The molecule has 0 unspecified atom stereocenters. The number of hydrogen-bond donors (Lipinski definition) is 1. The van der Waals surface area contributed by atoms with Crippen molar-refractivity contribution in [3.63, 3.8) is 0 Å². The zero-order valence-corrected chi connectivity index (χ0v) is 11.2. The summed E-state index contributed by atoms with van der Waals surface area (Å²) in [5.74, 6) is 0.562. The molecule has 5 heteroatoms. The molecule has 3 rings (SSSR count).